The summed E-state index contributed by atoms with van der Waals surface area (Å²) in [6.07, 6.45) is 5.12. The van der Waals surface area contributed by atoms with E-state index in [0.717, 1.165) is 0 Å². The first kappa shape index (κ1) is 21.4. The Morgan fingerprint density at radius 1 is 0.737 bits per heavy atom. The molecule has 4 heteroatoms. The molecule has 1 fully saturated rings. The van der Waals surface area contributed by atoms with E-state index in [4.69, 9.17) is 0 Å². The van der Waals surface area contributed by atoms with Crippen molar-refractivity contribution in [3.05, 3.63) is 96.6 Å². The molecule has 0 radical (unpaired) electrons. The molecule has 1 saturated carbocycles. The molecule has 0 saturated heterocycles. The van der Waals surface area contributed by atoms with Gasteiger partial charge >= 0.3 is 0 Å². The Morgan fingerprint density at radius 3 is 2.39 bits per heavy atom. The van der Waals surface area contributed by atoms with Crippen molar-refractivity contribution in [3.63, 3.8) is 0 Å². The van der Waals surface area contributed by atoms with Crippen molar-refractivity contribution in [2.45, 2.75) is 50.5 Å². The van der Waals surface area contributed by atoms with E-state index in [2.05, 4.69) is 115 Å². The molecule has 0 N–H and O–H groups in total. The minimum atomic E-state index is 0.0812. The van der Waals surface area contributed by atoms with Gasteiger partial charge in [-0.3, -0.25) is 0 Å². The predicted octanol–water partition coefficient (Wildman–Crippen LogP) is 7.26. The smallest absolute Gasteiger partial charge is 0.254 e. The molecule has 184 valence electrons. The third-order valence-corrected chi connectivity index (χ3v) is 11.6. The Balaban J connectivity index is 1.46. The fourth-order valence-corrected chi connectivity index (χ4v) is 9.85. The van der Waals surface area contributed by atoms with Gasteiger partial charge in [-0.05, 0) is 77.4 Å². The molecule has 1 aliphatic carbocycles. The van der Waals surface area contributed by atoms with Gasteiger partial charge in [-0.15, -0.1) is 11.3 Å². The minimum Gasteiger partial charge on any atom is -0.327 e. The maximum absolute atomic E-state index is 2.84. The zero-order chi connectivity index (χ0) is 25.2. The fraction of sp³-hybridized carbons (Fsp3) is 0.235. The Hall–Kier alpha value is -3.50. The Labute approximate surface area is 228 Å². The minimum absolute atomic E-state index is 0.0812. The highest BCUT2D eigenvalue weighted by molar-refractivity contribution is 7.26. The molecule has 4 aromatic carbocycles. The first-order chi connectivity index (χ1) is 18.6. The molecule has 4 heterocycles. The summed E-state index contributed by atoms with van der Waals surface area (Å²) in [7, 11) is 0. The Morgan fingerprint density at radius 2 is 1.50 bits per heavy atom. The van der Waals surface area contributed by atoms with Gasteiger partial charge in [0.2, 0.25) is 0 Å². The number of hydrogen-bond acceptors (Lipinski definition) is 3. The summed E-state index contributed by atoms with van der Waals surface area (Å²) in [6, 6.07) is 34.2. The second-order valence-electron chi connectivity index (χ2n) is 12.0. The Bertz CT molecular complexity index is 1790. The van der Waals surface area contributed by atoms with E-state index in [1.165, 1.54) is 79.9 Å². The predicted molar refractivity (Wildman–Crippen MR) is 164 cm³/mol. The number of para-hydroxylation sites is 2. The van der Waals surface area contributed by atoms with E-state index >= 15 is 0 Å². The highest BCUT2D eigenvalue weighted by atomic mass is 32.1. The lowest BCUT2D eigenvalue weighted by molar-refractivity contribution is 0.195. The maximum atomic E-state index is 2.84. The van der Waals surface area contributed by atoms with Gasteiger partial charge in [-0.25, -0.2) is 0 Å². The fourth-order valence-electron chi connectivity index (χ4n) is 8.49. The molecule has 38 heavy (non-hydrogen) atoms. The van der Waals surface area contributed by atoms with Gasteiger partial charge in [0.1, 0.15) is 0 Å². The first-order valence-corrected chi connectivity index (χ1v) is 14.9. The van der Waals surface area contributed by atoms with Crippen LogP contribution in [0.5, 0.6) is 0 Å². The number of nitrogens with zero attached hydrogens (tertiary/aromatic N) is 2. The molecular weight excluding hydrogens is 479 g/mol. The average molecular weight is 508 g/mol. The molecule has 2 nitrogen and oxygen atoms in total. The highest BCUT2D eigenvalue weighted by Gasteiger charge is 2.62. The third-order valence-electron chi connectivity index (χ3n) is 10.4. The van der Waals surface area contributed by atoms with Crippen LogP contribution in [0, 0.1) is 0 Å². The van der Waals surface area contributed by atoms with Crippen LogP contribution < -0.4 is 26.2 Å². The molecule has 2 unspecified atom stereocenters. The monoisotopic (exact) mass is 508 g/mol. The summed E-state index contributed by atoms with van der Waals surface area (Å²) in [4.78, 5) is 5.36. The summed E-state index contributed by atoms with van der Waals surface area (Å²) in [5.74, 6) is 0. The van der Waals surface area contributed by atoms with Gasteiger partial charge in [0, 0.05) is 32.9 Å². The van der Waals surface area contributed by atoms with Crippen molar-refractivity contribution in [1.29, 1.82) is 0 Å². The molecule has 3 aliphatic heterocycles. The zero-order valence-electron chi connectivity index (χ0n) is 21.9. The molecule has 5 aromatic rings. The van der Waals surface area contributed by atoms with E-state index in [1.807, 2.05) is 11.3 Å². The van der Waals surface area contributed by atoms with Gasteiger partial charge in [0.05, 0.1) is 10.5 Å². The second-order valence-corrected chi connectivity index (χ2v) is 13.1. The van der Waals surface area contributed by atoms with E-state index in [1.54, 1.807) is 5.56 Å². The van der Waals surface area contributed by atoms with Crippen LogP contribution in [-0.2, 0) is 5.41 Å². The molecule has 9 rings (SSSR count). The summed E-state index contributed by atoms with van der Waals surface area (Å²) in [5.41, 5.74) is 11.6. The third kappa shape index (κ3) is 2.34. The molecule has 0 bridgehead atoms. The molecule has 2 atom stereocenters. The first-order valence-electron chi connectivity index (χ1n) is 14.0. The van der Waals surface area contributed by atoms with E-state index in [9.17, 15) is 0 Å². The van der Waals surface area contributed by atoms with Gasteiger partial charge in [-0.2, -0.15) is 0 Å². The molecular formula is C34H29BN2S. The van der Waals surface area contributed by atoms with Crippen LogP contribution in [-0.4, -0.2) is 12.3 Å². The summed E-state index contributed by atoms with van der Waals surface area (Å²) >= 11 is 2.02. The number of thiophene rings is 1. The van der Waals surface area contributed by atoms with Crippen LogP contribution in [0.15, 0.2) is 91.0 Å². The van der Waals surface area contributed by atoms with Crippen LogP contribution in [0.3, 0.4) is 0 Å². The van der Waals surface area contributed by atoms with Crippen molar-refractivity contribution in [3.8, 4) is 0 Å². The molecule has 4 aliphatic rings. The average Bonchev–Trinajstić information content (AvgIpc) is 3.43. The quantitative estimate of drug-likeness (QED) is 0.216. The number of anilines is 5. The van der Waals surface area contributed by atoms with Crippen LogP contribution in [0.1, 0.15) is 45.1 Å². The molecule has 0 amide bonds. The number of benzene rings is 4. The van der Waals surface area contributed by atoms with Crippen molar-refractivity contribution in [1.82, 2.24) is 0 Å². The van der Waals surface area contributed by atoms with Crippen molar-refractivity contribution >= 4 is 72.3 Å². The van der Waals surface area contributed by atoms with Crippen LogP contribution >= 0.6 is 11.3 Å². The molecule has 1 aromatic heterocycles. The zero-order valence-corrected chi connectivity index (χ0v) is 22.7. The van der Waals surface area contributed by atoms with E-state index < -0.39 is 0 Å². The SMILES string of the molecule is CC12CCCCC1(C)N1c3sc4ccccc4c3B3c4ccccc4N(c4ccccc4)c4ccc2c1c43. The lowest BCUT2D eigenvalue weighted by Crippen LogP contribution is -2.63. The maximum Gasteiger partial charge on any atom is 0.254 e. The summed E-state index contributed by atoms with van der Waals surface area (Å²) in [6.45, 7) is 5.38. The lowest BCUT2D eigenvalue weighted by atomic mass is 9.33. The highest BCUT2D eigenvalue weighted by Crippen LogP contribution is 2.63. The van der Waals surface area contributed by atoms with Crippen molar-refractivity contribution in [2.75, 3.05) is 9.80 Å². The van der Waals surface area contributed by atoms with Crippen LogP contribution in [0.4, 0.5) is 27.8 Å². The number of hydrogen-bond donors (Lipinski definition) is 0. The summed E-state index contributed by atoms with van der Waals surface area (Å²) in [5, 5.41) is 2.91. The molecule has 0 spiro atoms. The van der Waals surface area contributed by atoms with E-state index in [-0.39, 0.29) is 17.7 Å². The second kappa shape index (κ2) is 7.12. The van der Waals surface area contributed by atoms with Gasteiger partial charge in [0.15, 0.2) is 0 Å². The largest absolute Gasteiger partial charge is 0.327 e. The normalized spacial score (nSPS) is 24.2. The topological polar surface area (TPSA) is 6.48 Å². The van der Waals surface area contributed by atoms with Gasteiger partial charge in [-0.1, -0.05) is 80.4 Å². The lowest BCUT2D eigenvalue weighted by Gasteiger charge is -2.51. The van der Waals surface area contributed by atoms with Gasteiger partial charge in [0.25, 0.3) is 6.71 Å². The number of rotatable bonds is 1. The Kier molecular flexibility index (Phi) is 4.02. The van der Waals surface area contributed by atoms with Crippen LogP contribution in [0.2, 0.25) is 0 Å². The van der Waals surface area contributed by atoms with Gasteiger partial charge < -0.3 is 9.80 Å². The number of fused-ring (bicyclic) bond motifs is 10. The summed E-state index contributed by atoms with van der Waals surface area (Å²) < 4.78 is 1.41. The van der Waals surface area contributed by atoms with Crippen molar-refractivity contribution < 1.29 is 0 Å². The van der Waals surface area contributed by atoms with Crippen LogP contribution in [0.25, 0.3) is 10.1 Å². The van der Waals surface area contributed by atoms with Crippen molar-refractivity contribution in [2.24, 2.45) is 0 Å². The van der Waals surface area contributed by atoms with E-state index in [0.29, 0.717) is 0 Å². The standard InChI is InChI=1S/C34H29BN2S/c1-33-20-10-11-21-34(33,2)37-31-24(33)18-19-27-30(31)35(29-23-14-6-9-17-28(23)38-32(29)37)25-15-7-8-16-26(25)36(27)22-12-4-3-5-13-22/h3-9,12-19H,10-11,20-21H2,1-2H3.